The summed E-state index contributed by atoms with van der Waals surface area (Å²) in [5.41, 5.74) is 1.76. The highest BCUT2D eigenvalue weighted by atomic mass is 35.5. The highest BCUT2D eigenvalue weighted by Crippen LogP contribution is 2.24. The molecule has 0 spiro atoms. The number of carbonyl (C=O) groups is 1. The number of hydrogen-bond acceptors (Lipinski definition) is 6. The van der Waals surface area contributed by atoms with E-state index in [1.807, 2.05) is 0 Å². The molecule has 11 heteroatoms. The molecular weight excluding hydrogens is 389 g/mol. The average Bonchev–Trinajstić information content (AvgIpc) is 2.58. The minimum Gasteiger partial charge on any atom is -0.272 e. The first-order chi connectivity index (χ1) is 11.8. The van der Waals surface area contributed by atoms with Crippen LogP contribution in [0.4, 0.5) is 0 Å². The summed E-state index contributed by atoms with van der Waals surface area (Å²) in [4.78, 5) is 35.2. The van der Waals surface area contributed by atoms with Crippen molar-refractivity contribution in [2.45, 2.75) is 5.03 Å². The van der Waals surface area contributed by atoms with Gasteiger partial charge in [-0.05, 0) is 6.07 Å². The number of nitrogens with one attached hydrogen (secondary N) is 1. The normalized spacial score (nSPS) is 11.0. The standard InChI is InChI=1S/C14H13Cl2N5O3S/c1-20-13(23)12(19-21(2)14(20)24)25-7-10(22)18-17-6-8-4-3-5-9(15)11(8)16/h3-6H,7H2,1-2H3,(H,18,22)/b17-6-. The number of hydrazone groups is 1. The number of thioether (sulfide) groups is 1. The van der Waals surface area contributed by atoms with Gasteiger partial charge < -0.3 is 0 Å². The van der Waals surface area contributed by atoms with E-state index in [4.69, 9.17) is 23.2 Å². The molecule has 0 saturated carbocycles. The first-order valence-corrected chi connectivity index (χ1v) is 8.58. The Morgan fingerprint density at radius 2 is 2.08 bits per heavy atom. The van der Waals surface area contributed by atoms with Crippen LogP contribution in [0.2, 0.25) is 10.0 Å². The van der Waals surface area contributed by atoms with Crippen molar-refractivity contribution in [2.24, 2.45) is 19.2 Å². The van der Waals surface area contributed by atoms with Crippen LogP contribution in [-0.4, -0.2) is 32.2 Å². The molecule has 1 amide bonds. The van der Waals surface area contributed by atoms with Crippen molar-refractivity contribution in [3.05, 3.63) is 54.6 Å². The van der Waals surface area contributed by atoms with Gasteiger partial charge in [0.05, 0.1) is 22.0 Å². The molecule has 0 radical (unpaired) electrons. The summed E-state index contributed by atoms with van der Waals surface area (Å²) in [5, 5.41) is 8.38. The number of rotatable bonds is 5. The van der Waals surface area contributed by atoms with Crippen LogP contribution in [0.15, 0.2) is 37.9 Å². The molecule has 0 atom stereocenters. The molecule has 0 aliphatic rings. The summed E-state index contributed by atoms with van der Waals surface area (Å²) in [7, 11) is 2.76. The summed E-state index contributed by atoms with van der Waals surface area (Å²) in [6, 6.07) is 5.03. The van der Waals surface area contributed by atoms with Crippen LogP contribution < -0.4 is 16.7 Å². The van der Waals surface area contributed by atoms with Crippen molar-refractivity contribution < 1.29 is 4.79 Å². The number of halogens is 2. The molecule has 1 heterocycles. The fourth-order valence-corrected chi connectivity index (χ4v) is 2.85. The maximum absolute atomic E-state index is 11.9. The number of nitrogens with zero attached hydrogens (tertiary/aromatic N) is 4. The number of hydrogen-bond donors (Lipinski definition) is 1. The monoisotopic (exact) mass is 401 g/mol. The summed E-state index contributed by atoms with van der Waals surface area (Å²) < 4.78 is 1.95. The van der Waals surface area contributed by atoms with Crippen LogP contribution in [0.5, 0.6) is 0 Å². The third-order valence-electron chi connectivity index (χ3n) is 3.01. The topological polar surface area (TPSA) is 98.3 Å². The second-order valence-corrected chi connectivity index (χ2v) is 6.55. The predicted octanol–water partition coefficient (Wildman–Crippen LogP) is 1.03. The van der Waals surface area contributed by atoms with Crippen molar-refractivity contribution in [3.8, 4) is 0 Å². The minimum atomic E-state index is -0.560. The molecule has 0 aliphatic carbocycles. The molecule has 0 bridgehead atoms. The van der Waals surface area contributed by atoms with Gasteiger partial charge in [0.1, 0.15) is 0 Å². The highest BCUT2D eigenvalue weighted by molar-refractivity contribution is 7.99. The summed E-state index contributed by atoms with van der Waals surface area (Å²) in [5.74, 6) is -0.543. The van der Waals surface area contributed by atoms with E-state index < -0.39 is 17.2 Å². The second kappa shape index (κ2) is 8.32. The molecule has 2 aromatic rings. The maximum atomic E-state index is 11.9. The summed E-state index contributed by atoms with van der Waals surface area (Å²) in [6.45, 7) is 0. The van der Waals surface area contributed by atoms with Gasteiger partial charge in [-0.15, -0.1) is 0 Å². The highest BCUT2D eigenvalue weighted by Gasteiger charge is 2.11. The van der Waals surface area contributed by atoms with E-state index in [1.165, 1.54) is 20.3 Å². The van der Waals surface area contributed by atoms with E-state index in [9.17, 15) is 14.4 Å². The lowest BCUT2D eigenvalue weighted by Crippen LogP contribution is -2.39. The van der Waals surface area contributed by atoms with E-state index in [-0.39, 0.29) is 10.8 Å². The Morgan fingerprint density at radius 1 is 1.36 bits per heavy atom. The Morgan fingerprint density at radius 3 is 2.80 bits per heavy atom. The van der Waals surface area contributed by atoms with Crippen LogP contribution in [0.3, 0.4) is 0 Å². The molecule has 8 nitrogen and oxygen atoms in total. The lowest BCUT2D eigenvalue weighted by molar-refractivity contribution is -0.118. The van der Waals surface area contributed by atoms with E-state index in [0.29, 0.717) is 15.6 Å². The number of carbonyl (C=O) groups excluding carboxylic acids is 1. The molecule has 1 aromatic heterocycles. The minimum absolute atomic E-state index is 0.0432. The van der Waals surface area contributed by atoms with Gasteiger partial charge in [-0.1, -0.05) is 47.1 Å². The predicted molar refractivity (Wildman–Crippen MR) is 97.6 cm³/mol. The van der Waals surface area contributed by atoms with Gasteiger partial charge in [0.25, 0.3) is 5.56 Å². The zero-order valence-corrected chi connectivity index (χ0v) is 15.5. The number of benzene rings is 1. The lowest BCUT2D eigenvalue weighted by atomic mass is 10.2. The summed E-state index contributed by atoms with van der Waals surface area (Å²) >= 11 is 12.8. The lowest BCUT2D eigenvalue weighted by Gasteiger charge is -2.04. The number of aryl methyl sites for hydroxylation is 1. The largest absolute Gasteiger partial charge is 0.346 e. The third kappa shape index (κ3) is 4.71. The Kier molecular flexibility index (Phi) is 6.40. The molecule has 0 aliphatic heterocycles. The first-order valence-electron chi connectivity index (χ1n) is 6.84. The van der Waals surface area contributed by atoms with Crippen molar-refractivity contribution in [2.75, 3.05) is 5.75 Å². The number of aromatic nitrogens is 3. The molecule has 1 N–H and O–H groups in total. The average molecular weight is 402 g/mol. The van der Waals surface area contributed by atoms with Crippen molar-refractivity contribution in [1.29, 1.82) is 0 Å². The maximum Gasteiger partial charge on any atom is 0.346 e. The van der Waals surface area contributed by atoms with Gasteiger partial charge >= 0.3 is 5.69 Å². The fraction of sp³-hybridized carbons (Fsp3) is 0.214. The molecule has 0 saturated heterocycles. The van der Waals surface area contributed by atoms with Crippen molar-refractivity contribution in [3.63, 3.8) is 0 Å². The molecular formula is C14H13Cl2N5O3S. The van der Waals surface area contributed by atoms with Crippen LogP contribution in [0, 0.1) is 0 Å². The van der Waals surface area contributed by atoms with E-state index >= 15 is 0 Å². The Bertz CT molecular complexity index is 954. The third-order valence-corrected chi connectivity index (χ3v) is 4.78. The van der Waals surface area contributed by atoms with Crippen LogP contribution in [-0.2, 0) is 18.9 Å². The SMILES string of the molecule is Cn1nc(SCC(=O)N/N=C\c2cccc(Cl)c2Cl)c(=O)n(C)c1=O. The van der Waals surface area contributed by atoms with Gasteiger partial charge in [0.15, 0.2) is 5.03 Å². The molecule has 0 unspecified atom stereocenters. The van der Waals surface area contributed by atoms with E-state index in [0.717, 1.165) is 21.0 Å². The van der Waals surface area contributed by atoms with Crippen molar-refractivity contribution >= 4 is 47.1 Å². The van der Waals surface area contributed by atoms with Crippen LogP contribution in [0.25, 0.3) is 0 Å². The van der Waals surface area contributed by atoms with Gasteiger partial charge in [-0.3, -0.25) is 14.2 Å². The van der Waals surface area contributed by atoms with Crippen LogP contribution >= 0.6 is 35.0 Å². The van der Waals surface area contributed by atoms with Crippen LogP contribution in [0.1, 0.15) is 5.56 Å². The second-order valence-electron chi connectivity index (χ2n) is 4.80. The molecule has 25 heavy (non-hydrogen) atoms. The molecule has 1 aromatic carbocycles. The molecule has 2 rings (SSSR count). The zero-order valence-electron chi connectivity index (χ0n) is 13.2. The van der Waals surface area contributed by atoms with Gasteiger partial charge in [-0.2, -0.15) is 10.2 Å². The molecule has 132 valence electrons. The zero-order chi connectivity index (χ0) is 18.6. The Labute approximate surface area is 156 Å². The van der Waals surface area contributed by atoms with E-state index in [2.05, 4.69) is 15.6 Å². The fourth-order valence-electron chi connectivity index (χ4n) is 1.72. The quantitative estimate of drug-likeness (QED) is 0.458. The van der Waals surface area contributed by atoms with Gasteiger partial charge in [0.2, 0.25) is 5.91 Å². The summed E-state index contributed by atoms with van der Waals surface area (Å²) in [6.07, 6.45) is 1.36. The smallest absolute Gasteiger partial charge is 0.272 e. The van der Waals surface area contributed by atoms with Gasteiger partial charge in [-0.25, -0.2) is 14.9 Å². The van der Waals surface area contributed by atoms with Crippen molar-refractivity contribution in [1.82, 2.24) is 19.8 Å². The van der Waals surface area contributed by atoms with Gasteiger partial charge in [0, 0.05) is 19.7 Å². The Hall–Kier alpha value is -2.10. The first kappa shape index (κ1) is 19.2. The Balaban J connectivity index is 1.98. The van der Waals surface area contributed by atoms with E-state index in [1.54, 1.807) is 18.2 Å². The molecule has 0 fully saturated rings. The number of amides is 1.